The summed E-state index contributed by atoms with van der Waals surface area (Å²) in [5, 5.41) is 8.60. The van der Waals surface area contributed by atoms with Crippen molar-refractivity contribution in [2.75, 3.05) is 6.54 Å². The highest BCUT2D eigenvalue weighted by atomic mass is 16.2. The first-order chi connectivity index (χ1) is 13.6. The van der Waals surface area contributed by atoms with Crippen LogP contribution in [0.5, 0.6) is 0 Å². The summed E-state index contributed by atoms with van der Waals surface area (Å²) in [4.78, 5) is 14.9. The monoisotopic (exact) mass is 379 g/mol. The molecule has 2 aromatic heterocycles. The fourth-order valence-corrected chi connectivity index (χ4v) is 4.26. The summed E-state index contributed by atoms with van der Waals surface area (Å²) in [6, 6.07) is 11.0. The van der Waals surface area contributed by atoms with Crippen LogP contribution in [0.3, 0.4) is 0 Å². The highest BCUT2D eigenvalue weighted by Crippen LogP contribution is 2.27. The van der Waals surface area contributed by atoms with Gasteiger partial charge in [0.2, 0.25) is 5.91 Å². The molecule has 3 heterocycles. The maximum atomic E-state index is 12.3. The predicted molar refractivity (Wildman–Crippen MR) is 111 cm³/mol. The van der Waals surface area contributed by atoms with Crippen molar-refractivity contribution in [2.24, 2.45) is 0 Å². The number of benzene rings is 1. The number of amides is 1. The van der Waals surface area contributed by atoms with Crippen LogP contribution >= 0.6 is 0 Å². The van der Waals surface area contributed by atoms with E-state index in [0.29, 0.717) is 12.6 Å². The standard InChI is InChI=1S/C22H29N5O/c1-17(2)24-22(28)16-26-14-18(20-8-3-4-9-21(20)26)13-25-11-5-7-19(25)15-27-12-6-10-23-27/h3-4,6,8-10,12,14,17,19H,5,7,11,13,15-16H2,1-2H3,(H,24,28). The van der Waals surface area contributed by atoms with Crippen LogP contribution < -0.4 is 5.32 Å². The normalized spacial score (nSPS) is 17.6. The first kappa shape index (κ1) is 18.7. The van der Waals surface area contributed by atoms with Crippen molar-refractivity contribution < 1.29 is 4.79 Å². The number of nitrogens with one attached hydrogen (secondary N) is 1. The summed E-state index contributed by atoms with van der Waals surface area (Å²) >= 11 is 0. The first-order valence-electron chi connectivity index (χ1n) is 10.2. The zero-order valence-corrected chi connectivity index (χ0v) is 16.7. The summed E-state index contributed by atoms with van der Waals surface area (Å²) in [7, 11) is 0. The van der Waals surface area contributed by atoms with Gasteiger partial charge in [0.05, 0.1) is 6.54 Å². The van der Waals surface area contributed by atoms with Crippen molar-refractivity contribution in [1.29, 1.82) is 0 Å². The van der Waals surface area contributed by atoms with E-state index in [2.05, 4.69) is 44.3 Å². The van der Waals surface area contributed by atoms with Crippen LogP contribution in [0, 0.1) is 0 Å². The van der Waals surface area contributed by atoms with Crippen molar-refractivity contribution in [2.45, 2.75) is 58.4 Å². The Hall–Kier alpha value is -2.60. The lowest BCUT2D eigenvalue weighted by atomic mass is 10.1. The van der Waals surface area contributed by atoms with Crippen molar-refractivity contribution in [3.8, 4) is 0 Å². The highest BCUT2D eigenvalue weighted by Gasteiger charge is 2.26. The smallest absolute Gasteiger partial charge is 0.240 e. The summed E-state index contributed by atoms with van der Waals surface area (Å²) in [5.74, 6) is 0.0556. The van der Waals surface area contributed by atoms with E-state index >= 15 is 0 Å². The number of aromatic nitrogens is 3. The number of rotatable bonds is 7. The topological polar surface area (TPSA) is 55.1 Å². The number of nitrogens with zero attached hydrogens (tertiary/aromatic N) is 4. The van der Waals surface area contributed by atoms with Gasteiger partial charge >= 0.3 is 0 Å². The van der Waals surface area contributed by atoms with Gasteiger partial charge in [0.15, 0.2) is 0 Å². The van der Waals surface area contributed by atoms with Crippen LogP contribution in [0.1, 0.15) is 32.3 Å². The van der Waals surface area contributed by atoms with Gasteiger partial charge in [-0.25, -0.2) is 0 Å². The van der Waals surface area contributed by atoms with E-state index < -0.39 is 0 Å². The second-order valence-electron chi connectivity index (χ2n) is 8.02. The Morgan fingerprint density at radius 2 is 2.14 bits per heavy atom. The van der Waals surface area contributed by atoms with E-state index in [9.17, 15) is 4.79 Å². The molecule has 1 atom stereocenters. The van der Waals surface area contributed by atoms with Crippen molar-refractivity contribution in [3.63, 3.8) is 0 Å². The van der Waals surface area contributed by atoms with Gasteiger partial charge in [0, 0.05) is 48.1 Å². The minimum Gasteiger partial charge on any atom is -0.352 e. The lowest BCUT2D eigenvalue weighted by molar-refractivity contribution is -0.122. The molecule has 4 rings (SSSR count). The lowest BCUT2D eigenvalue weighted by Crippen LogP contribution is -2.33. The van der Waals surface area contributed by atoms with Gasteiger partial charge < -0.3 is 9.88 Å². The van der Waals surface area contributed by atoms with Crippen LogP contribution in [0.4, 0.5) is 0 Å². The van der Waals surface area contributed by atoms with E-state index in [1.165, 1.54) is 23.8 Å². The molecule has 6 nitrogen and oxygen atoms in total. The number of hydrogen-bond acceptors (Lipinski definition) is 3. The Labute approximate surface area is 166 Å². The van der Waals surface area contributed by atoms with Gasteiger partial charge in [0.1, 0.15) is 6.54 Å². The average molecular weight is 380 g/mol. The molecule has 1 fully saturated rings. The van der Waals surface area contributed by atoms with Gasteiger partial charge in [-0.2, -0.15) is 5.10 Å². The van der Waals surface area contributed by atoms with Crippen LogP contribution in [0.2, 0.25) is 0 Å². The molecule has 1 aromatic carbocycles. The highest BCUT2D eigenvalue weighted by molar-refractivity contribution is 5.86. The summed E-state index contributed by atoms with van der Waals surface area (Å²) in [6.07, 6.45) is 8.47. The molecule has 28 heavy (non-hydrogen) atoms. The number of carbonyl (C=O) groups excluding carboxylic acids is 1. The molecule has 6 heteroatoms. The largest absolute Gasteiger partial charge is 0.352 e. The number of carbonyl (C=O) groups is 1. The molecule has 0 radical (unpaired) electrons. The van der Waals surface area contributed by atoms with Gasteiger partial charge in [-0.1, -0.05) is 18.2 Å². The molecule has 0 spiro atoms. The van der Waals surface area contributed by atoms with Gasteiger partial charge in [-0.15, -0.1) is 0 Å². The Morgan fingerprint density at radius 1 is 1.29 bits per heavy atom. The minimum atomic E-state index is 0.0556. The van der Waals surface area contributed by atoms with Crippen molar-refractivity contribution >= 4 is 16.8 Å². The van der Waals surface area contributed by atoms with E-state index in [0.717, 1.165) is 25.2 Å². The number of fused-ring (bicyclic) bond motifs is 1. The Morgan fingerprint density at radius 3 is 2.93 bits per heavy atom. The molecular weight excluding hydrogens is 350 g/mol. The Kier molecular flexibility index (Phi) is 5.48. The number of hydrogen-bond donors (Lipinski definition) is 1. The van der Waals surface area contributed by atoms with Crippen molar-refractivity contribution in [1.82, 2.24) is 24.6 Å². The average Bonchev–Trinajstić information content (AvgIpc) is 3.38. The third-order valence-electron chi connectivity index (χ3n) is 5.46. The van der Waals surface area contributed by atoms with Crippen molar-refractivity contribution in [3.05, 3.63) is 54.5 Å². The molecule has 1 aliphatic rings. The van der Waals surface area contributed by atoms with E-state index in [-0.39, 0.29) is 11.9 Å². The second kappa shape index (κ2) is 8.19. The van der Waals surface area contributed by atoms with Crippen LogP contribution in [0.15, 0.2) is 48.9 Å². The zero-order valence-electron chi connectivity index (χ0n) is 16.7. The fourth-order valence-electron chi connectivity index (χ4n) is 4.26. The molecule has 0 saturated carbocycles. The lowest BCUT2D eigenvalue weighted by Gasteiger charge is -2.24. The predicted octanol–water partition coefficient (Wildman–Crippen LogP) is 3.03. The third-order valence-corrected chi connectivity index (χ3v) is 5.46. The molecule has 1 aliphatic heterocycles. The maximum Gasteiger partial charge on any atom is 0.240 e. The molecule has 3 aromatic rings. The van der Waals surface area contributed by atoms with Crippen LogP contribution in [-0.4, -0.2) is 43.8 Å². The summed E-state index contributed by atoms with van der Waals surface area (Å²) < 4.78 is 4.11. The molecule has 0 aliphatic carbocycles. The number of likely N-dealkylation sites (tertiary alicyclic amines) is 1. The minimum absolute atomic E-state index is 0.0556. The molecule has 148 valence electrons. The number of para-hydroxylation sites is 1. The molecule has 1 N–H and O–H groups in total. The zero-order chi connectivity index (χ0) is 19.5. The second-order valence-corrected chi connectivity index (χ2v) is 8.02. The molecular formula is C22H29N5O. The van der Waals surface area contributed by atoms with Gasteiger partial charge in [-0.05, 0) is 50.9 Å². The van der Waals surface area contributed by atoms with E-state index in [4.69, 9.17) is 0 Å². The Bertz CT molecular complexity index is 928. The summed E-state index contributed by atoms with van der Waals surface area (Å²) in [6.45, 7) is 7.29. The van der Waals surface area contributed by atoms with Gasteiger partial charge in [0.25, 0.3) is 0 Å². The van der Waals surface area contributed by atoms with Crippen LogP contribution in [-0.2, 0) is 24.4 Å². The molecule has 1 saturated heterocycles. The summed E-state index contributed by atoms with van der Waals surface area (Å²) in [5.41, 5.74) is 2.42. The van der Waals surface area contributed by atoms with E-state index in [1.807, 2.05) is 43.1 Å². The maximum absolute atomic E-state index is 12.3. The quantitative estimate of drug-likeness (QED) is 0.687. The van der Waals surface area contributed by atoms with Gasteiger partial charge in [-0.3, -0.25) is 14.4 Å². The fraction of sp³-hybridized carbons (Fsp3) is 0.455. The first-order valence-corrected chi connectivity index (χ1v) is 10.2. The SMILES string of the molecule is CC(C)NC(=O)Cn1cc(CN2CCCC2Cn2cccn2)c2ccccc21. The van der Waals surface area contributed by atoms with Crippen LogP contribution in [0.25, 0.3) is 10.9 Å². The molecule has 1 amide bonds. The van der Waals surface area contributed by atoms with E-state index in [1.54, 1.807) is 0 Å². The molecule has 1 unspecified atom stereocenters. The molecule has 0 bridgehead atoms. The third kappa shape index (κ3) is 4.12. The Balaban J connectivity index is 1.54.